The average Bonchev–Trinajstić information content (AvgIpc) is 2.93. The molecule has 0 aromatic heterocycles. The highest BCUT2D eigenvalue weighted by Gasteiger charge is 2.17. The Morgan fingerprint density at radius 3 is 2.74 bits per heavy atom. The van der Waals surface area contributed by atoms with Gasteiger partial charge in [0, 0.05) is 0 Å². The Morgan fingerprint density at radius 2 is 1.89 bits per heavy atom. The van der Waals surface area contributed by atoms with Crippen molar-refractivity contribution in [3.05, 3.63) is 70.3 Å². The number of rotatable bonds is 3. The van der Waals surface area contributed by atoms with Crippen molar-refractivity contribution in [1.82, 2.24) is 0 Å². The van der Waals surface area contributed by atoms with Gasteiger partial charge in [-0.25, -0.2) is 0 Å². The summed E-state index contributed by atoms with van der Waals surface area (Å²) in [5.74, 6) is 0. The summed E-state index contributed by atoms with van der Waals surface area (Å²) in [7, 11) is 0. The third kappa shape index (κ3) is 2.41. The number of halogens is 1. The van der Waals surface area contributed by atoms with Gasteiger partial charge in [-0.15, -0.1) is 11.6 Å². The monoisotopic (exact) mass is 272 g/mol. The molecule has 1 aliphatic heterocycles. The van der Waals surface area contributed by atoms with Gasteiger partial charge in [0.05, 0.1) is 18.6 Å². The molecule has 0 aliphatic carbocycles. The summed E-state index contributed by atoms with van der Waals surface area (Å²) in [6, 6.07) is 14.9. The van der Waals surface area contributed by atoms with Gasteiger partial charge in [-0.3, -0.25) is 0 Å². The largest absolute Gasteiger partial charge is 0.372 e. The smallest absolute Gasteiger partial charge is 0.0838 e. The Bertz CT molecular complexity index is 592. The van der Waals surface area contributed by atoms with Crippen molar-refractivity contribution in [2.45, 2.75) is 31.9 Å². The molecule has 0 spiro atoms. The second-order valence-corrected chi connectivity index (χ2v) is 5.37. The van der Waals surface area contributed by atoms with Crippen molar-refractivity contribution in [2.24, 2.45) is 0 Å². The lowest BCUT2D eigenvalue weighted by Crippen LogP contribution is -1.99. The molecule has 1 aliphatic rings. The number of benzene rings is 2. The third-order valence-electron chi connectivity index (χ3n) is 3.75. The van der Waals surface area contributed by atoms with Gasteiger partial charge in [-0.2, -0.15) is 0 Å². The van der Waals surface area contributed by atoms with E-state index in [4.69, 9.17) is 16.3 Å². The molecular weight excluding hydrogens is 256 g/mol. The van der Waals surface area contributed by atoms with Gasteiger partial charge < -0.3 is 4.74 Å². The van der Waals surface area contributed by atoms with E-state index < -0.39 is 0 Å². The Labute approximate surface area is 119 Å². The predicted octanol–water partition coefficient (Wildman–Crippen LogP) is 4.61. The van der Waals surface area contributed by atoms with Crippen molar-refractivity contribution < 1.29 is 4.74 Å². The van der Waals surface area contributed by atoms with E-state index in [-0.39, 0.29) is 5.38 Å². The zero-order valence-corrected chi connectivity index (χ0v) is 11.8. The van der Waals surface area contributed by atoms with E-state index >= 15 is 0 Å². The molecule has 0 N–H and O–H groups in total. The second-order valence-electron chi connectivity index (χ2n) is 4.94. The van der Waals surface area contributed by atoms with Crippen LogP contribution >= 0.6 is 11.6 Å². The molecule has 0 amide bonds. The van der Waals surface area contributed by atoms with E-state index in [1.807, 2.05) is 0 Å². The van der Waals surface area contributed by atoms with Crippen LogP contribution in [0.4, 0.5) is 0 Å². The minimum Gasteiger partial charge on any atom is -0.372 e. The normalized spacial score (nSPS) is 15.3. The number of hydrogen-bond donors (Lipinski definition) is 0. The van der Waals surface area contributed by atoms with Gasteiger partial charge in [-0.1, -0.05) is 49.4 Å². The lowest BCUT2D eigenvalue weighted by molar-refractivity contribution is 0.134. The second kappa shape index (κ2) is 5.36. The molecule has 0 saturated heterocycles. The van der Waals surface area contributed by atoms with E-state index in [2.05, 4.69) is 49.4 Å². The van der Waals surface area contributed by atoms with Crippen LogP contribution in [0.2, 0.25) is 0 Å². The van der Waals surface area contributed by atoms with Crippen molar-refractivity contribution in [3.63, 3.8) is 0 Å². The summed E-state index contributed by atoms with van der Waals surface area (Å²) in [6.07, 6.45) is 1.01. The van der Waals surface area contributed by atoms with E-state index in [0.29, 0.717) is 6.61 Å². The average molecular weight is 273 g/mol. The van der Waals surface area contributed by atoms with Crippen LogP contribution in [0.15, 0.2) is 42.5 Å². The Balaban J connectivity index is 1.97. The van der Waals surface area contributed by atoms with Crippen molar-refractivity contribution >= 4 is 11.6 Å². The van der Waals surface area contributed by atoms with Crippen LogP contribution in [-0.2, 0) is 24.4 Å². The molecule has 0 radical (unpaired) electrons. The van der Waals surface area contributed by atoms with E-state index in [0.717, 1.165) is 18.6 Å². The lowest BCUT2D eigenvalue weighted by Gasteiger charge is -2.15. The van der Waals surface area contributed by atoms with Crippen molar-refractivity contribution in [1.29, 1.82) is 0 Å². The molecule has 1 heterocycles. The van der Waals surface area contributed by atoms with Crippen LogP contribution < -0.4 is 0 Å². The maximum absolute atomic E-state index is 6.68. The summed E-state index contributed by atoms with van der Waals surface area (Å²) in [6.45, 7) is 3.61. The lowest BCUT2D eigenvalue weighted by atomic mass is 9.96. The molecule has 0 fully saturated rings. The molecule has 2 heteroatoms. The minimum absolute atomic E-state index is 0.0814. The molecule has 1 atom stereocenters. The fraction of sp³-hybridized carbons (Fsp3) is 0.294. The van der Waals surface area contributed by atoms with Gasteiger partial charge >= 0.3 is 0 Å². The highest BCUT2D eigenvalue weighted by Crippen LogP contribution is 2.33. The first kappa shape index (κ1) is 12.7. The quantitative estimate of drug-likeness (QED) is 0.742. The zero-order valence-electron chi connectivity index (χ0n) is 11.0. The number of hydrogen-bond acceptors (Lipinski definition) is 1. The van der Waals surface area contributed by atoms with Crippen LogP contribution in [0, 0.1) is 0 Å². The van der Waals surface area contributed by atoms with Crippen molar-refractivity contribution in [2.75, 3.05) is 0 Å². The highest BCUT2D eigenvalue weighted by atomic mass is 35.5. The van der Waals surface area contributed by atoms with Gasteiger partial charge in [0.2, 0.25) is 0 Å². The SMILES string of the molecule is CCc1ccccc1C(Cl)c1ccc2c(c1)COC2. The van der Waals surface area contributed by atoms with Crippen LogP contribution in [0.1, 0.15) is 40.1 Å². The summed E-state index contributed by atoms with van der Waals surface area (Å²) in [5, 5.41) is -0.0814. The zero-order chi connectivity index (χ0) is 13.2. The van der Waals surface area contributed by atoms with Gasteiger partial charge in [0.15, 0.2) is 0 Å². The van der Waals surface area contributed by atoms with Gasteiger partial charge in [0.25, 0.3) is 0 Å². The molecule has 2 aromatic rings. The van der Waals surface area contributed by atoms with Crippen LogP contribution in [0.25, 0.3) is 0 Å². The van der Waals surface area contributed by atoms with E-state index in [9.17, 15) is 0 Å². The molecule has 0 bridgehead atoms. The first-order valence-corrected chi connectivity index (χ1v) is 7.14. The fourth-order valence-electron chi connectivity index (χ4n) is 2.63. The highest BCUT2D eigenvalue weighted by molar-refractivity contribution is 6.22. The molecule has 19 heavy (non-hydrogen) atoms. The summed E-state index contributed by atoms with van der Waals surface area (Å²) in [4.78, 5) is 0. The molecule has 0 saturated carbocycles. The van der Waals surface area contributed by atoms with E-state index in [1.54, 1.807) is 0 Å². The topological polar surface area (TPSA) is 9.23 Å². The number of alkyl halides is 1. The van der Waals surface area contributed by atoms with Gasteiger partial charge in [-0.05, 0) is 34.2 Å². The first-order valence-electron chi connectivity index (χ1n) is 6.71. The maximum atomic E-state index is 6.68. The van der Waals surface area contributed by atoms with E-state index in [1.165, 1.54) is 22.3 Å². The van der Waals surface area contributed by atoms with Crippen molar-refractivity contribution in [3.8, 4) is 0 Å². The molecular formula is C17H17ClO. The first-order chi connectivity index (χ1) is 9.29. The minimum atomic E-state index is -0.0814. The summed E-state index contributed by atoms with van der Waals surface area (Å²) >= 11 is 6.68. The predicted molar refractivity (Wildman–Crippen MR) is 78.5 cm³/mol. The number of aryl methyl sites for hydroxylation is 1. The fourth-order valence-corrected chi connectivity index (χ4v) is 2.98. The molecule has 3 rings (SSSR count). The van der Waals surface area contributed by atoms with Crippen LogP contribution in [0.3, 0.4) is 0 Å². The van der Waals surface area contributed by atoms with Crippen LogP contribution in [-0.4, -0.2) is 0 Å². The molecule has 1 nitrogen and oxygen atoms in total. The van der Waals surface area contributed by atoms with Crippen LogP contribution in [0.5, 0.6) is 0 Å². The maximum Gasteiger partial charge on any atom is 0.0838 e. The summed E-state index contributed by atoms with van der Waals surface area (Å²) in [5.41, 5.74) is 6.25. The Morgan fingerprint density at radius 1 is 1.11 bits per heavy atom. The number of fused-ring (bicyclic) bond motifs is 1. The summed E-state index contributed by atoms with van der Waals surface area (Å²) < 4.78 is 5.46. The Kier molecular flexibility index (Phi) is 3.58. The van der Waals surface area contributed by atoms with Gasteiger partial charge in [0.1, 0.15) is 0 Å². The third-order valence-corrected chi connectivity index (χ3v) is 4.23. The molecule has 2 aromatic carbocycles. The number of ether oxygens (including phenoxy) is 1. The standard InChI is InChI=1S/C17H17ClO/c1-2-12-5-3-4-6-16(12)17(18)13-7-8-14-10-19-11-15(14)9-13/h3-9,17H,2,10-11H2,1H3. The Hall–Kier alpha value is -1.31. The molecule has 98 valence electrons. The molecule has 1 unspecified atom stereocenters.